The van der Waals surface area contributed by atoms with E-state index in [1.54, 1.807) is 0 Å². The first-order valence-corrected chi connectivity index (χ1v) is 8.14. The van der Waals surface area contributed by atoms with Crippen LogP contribution in [0.4, 0.5) is 4.79 Å². The Balaban J connectivity index is 1.72. The molecule has 2 N–H and O–H groups in total. The van der Waals surface area contributed by atoms with Gasteiger partial charge < -0.3 is 15.2 Å². The minimum absolute atomic E-state index is 0.236. The van der Waals surface area contributed by atoms with Gasteiger partial charge in [0.1, 0.15) is 6.61 Å². The van der Waals surface area contributed by atoms with Gasteiger partial charge in [0, 0.05) is 6.54 Å². The Bertz CT molecular complexity index is 464. The Labute approximate surface area is 132 Å². The molecule has 1 saturated carbocycles. The van der Waals surface area contributed by atoms with Gasteiger partial charge in [-0.2, -0.15) is 0 Å². The third kappa shape index (κ3) is 5.02. The lowest BCUT2D eigenvalue weighted by molar-refractivity contribution is -0.0201. The number of carbonyl (C=O) groups excluding carboxylic acids is 1. The van der Waals surface area contributed by atoms with Crippen LogP contribution in [0.25, 0.3) is 0 Å². The molecule has 0 aromatic heterocycles. The summed E-state index contributed by atoms with van der Waals surface area (Å²) in [5, 5.41) is 13.3. The molecule has 0 aliphatic heterocycles. The molecule has 22 heavy (non-hydrogen) atoms. The number of carbonyl (C=O) groups is 1. The number of hydrogen-bond donors (Lipinski definition) is 2. The molecule has 2 rings (SSSR count). The van der Waals surface area contributed by atoms with Crippen molar-refractivity contribution in [3.05, 3.63) is 35.9 Å². The zero-order valence-electron chi connectivity index (χ0n) is 13.5. The van der Waals surface area contributed by atoms with E-state index in [2.05, 4.69) is 12.2 Å². The van der Waals surface area contributed by atoms with Crippen LogP contribution in [0.2, 0.25) is 0 Å². The van der Waals surface area contributed by atoms with Crippen LogP contribution in [0, 0.1) is 11.8 Å². The van der Waals surface area contributed by atoms with E-state index in [1.165, 1.54) is 0 Å². The molecule has 4 nitrogen and oxygen atoms in total. The predicted molar refractivity (Wildman–Crippen MR) is 86.4 cm³/mol. The number of alkyl carbamates (subject to hydrolysis) is 1. The van der Waals surface area contributed by atoms with E-state index >= 15 is 0 Å². The van der Waals surface area contributed by atoms with E-state index in [4.69, 9.17) is 4.74 Å². The summed E-state index contributed by atoms with van der Waals surface area (Å²) in [6, 6.07) is 9.56. The van der Waals surface area contributed by atoms with Crippen LogP contribution in [0.5, 0.6) is 0 Å². The lowest BCUT2D eigenvalue weighted by Crippen LogP contribution is -2.47. The molecule has 1 amide bonds. The van der Waals surface area contributed by atoms with Gasteiger partial charge in [-0.05, 0) is 37.2 Å². The first kappa shape index (κ1) is 16.8. The average Bonchev–Trinajstić information content (AvgIpc) is 2.52. The summed E-state index contributed by atoms with van der Waals surface area (Å²) in [7, 11) is 0. The highest BCUT2D eigenvalue weighted by molar-refractivity contribution is 5.67. The zero-order chi connectivity index (χ0) is 16.0. The molecule has 122 valence electrons. The topological polar surface area (TPSA) is 58.6 Å². The highest BCUT2D eigenvalue weighted by Crippen LogP contribution is 2.34. The summed E-state index contributed by atoms with van der Waals surface area (Å²) in [5.41, 5.74) is 0.0806. The average molecular weight is 305 g/mol. The number of rotatable bonds is 5. The number of aliphatic hydroxyl groups is 1. The SMILES string of the molecule is CC1CCC(C(C)(O)CNC(=O)OCc2ccccc2)CC1. The monoisotopic (exact) mass is 305 g/mol. The third-order valence-corrected chi connectivity index (χ3v) is 4.70. The third-order valence-electron chi connectivity index (χ3n) is 4.70. The lowest BCUT2D eigenvalue weighted by Gasteiger charge is -2.37. The molecule has 1 fully saturated rings. The van der Waals surface area contributed by atoms with E-state index in [9.17, 15) is 9.90 Å². The zero-order valence-corrected chi connectivity index (χ0v) is 13.5. The van der Waals surface area contributed by atoms with Crippen LogP contribution >= 0.6 is 0 Å². The predicted octanol–water partition coefficient (Wildman–Crippen LogP) is 3.49. The van der Waals surface area contributed by atoms with Crippen LogP contribution in [-0.4, -0.2) is 23.3 Å². The second-order valence-corrected chi connectivity index (χ2v) is 6.73. The molecule has 1 aromatic rings. The number of amides is 1. The van der Waals surface area contributed by atoms with E-state index in [1.807, 2.05) is 37.3 Å². The van der Waals surface area contributed by atoms with Gasteiger partial charge in [0.05, 0.1) is 5.60 Å². The van der Waals surface area contributed by atoms with Crippen LogP contribution in [-0.2, 0) is 11.3 Å². The highest BCUT2D eigenvalue weighted by atomic mass is 16.5. The van der Waals surface area contributed by atoms with Crippen molar-refractivity contribution in [3.8, 4) is 0 Å². The molecule has 1 atom stereocenters. The number of ether oxygens (including phenoxy) is 1. The van der Waals surface area contributed by atoms with Crippen molar-refractivity contribution in [3.63, 3.8) is 0 Å². The van der Waals surface area contributed by atoms with E-state index in [0.29, 0.717) is 0 Å². The van der Waals surface area contributed by atoms with Gasteiger partial charge in [-0.25, -0.2) is 4.79 Å². The van der Waals surface area contributed by atoms with Gasteiger partial charge in [-0.1, -0.05) is 50.1 Å². The first-order chi connectivity index (χ1) is 10.5. The molecular formula is C18H27NO3. The van der Waals surface area contributed by atoms with E-state index < -0.39 is 11.7 Å². The summed E-state index contributed by atoms with van der Waals surface area (Å²) in [5.74, 6) is 0.994. The van der Waals surface area contributed by atoms with Gasteiger partial charge >= 0.3 is 6.09 Å². The van der Waals surface area contributed by atoms with Gasteiger partial charge in [-0.15, -0.1) is 0 Å². The minimum atomic E-state index is -0.869. The molecule has 1 aromatic carbocycles. The van der Waals surface area contributed by atoms with Crippen LogP contribution in [0.1, 0.15) is 45.1 Å². The van der Waals surface area contributed by atoms with Crippen molar-refractivity contribution in [1.29, 1.82) is 0 Å². The van der Waals surface area contributed by atoms with Crippen molar-refractivity contribution in [1.82, 2.24) is 5.32 Å². The van der Waals surface area contributed by atoms with Crippen molar-refractivity contribution >= 4 is 6.09 Å². The molecule has 1 aliphatic rings. The molecule has 1 unspecified atom stereocenters. The number of benzene rings is 1. The fourth-order valence-electron chi connectivity index (χ4n) is 3.05. The molecule has 0 saturated heterocycles. The van der Waals surface area contributed by atoms with Crippen LogP contribution < -0.4 is 5.32 Å². The quantitative estimate of drug-likeness (QED) is 0.875. The summed E-state index contributed by atoms with van der Waals surface area (Å²) >= 11 is 0. The maximum absolute atomic E-state index is 11.8. The smallest absolute Gasteiger partial charge is 0.407 e. The minimum Gasteiger partial charge on any atom is -0.445 e. The fraction of sp³-hybridized carbons (Fsp3) is 0.611. The largest absolute Gasteiger partial charge is 0.445 e. The number of hydrogen-bond acceptors (Lipinski definition) is 3. The first-order valence-electron chi connectivity index (χ1n) is 8.14. The molecule has 0 radical (unpaired) electrons. The Morgan fingerprint density at radius 2 is 1.91 bits per heavy atom. The molecule has 0 bridgehead atoms. The summed E-state index contributed by atoms with van der Waals surface area (Å²) in [6.07, 6.45) is 3.87. The Hall–Kier alpha value is -1.55. The highest BCUT2D eigenvalue weighted by Gasteiger charge is 2.34. The van der Waals surface area contributed by atoms with Crippen molar-refractivity contribution in [2.24, 2.45) is 11.8 Å². The summed E-state index contributed by atoms with van der Waals surface area (Å²) in [4.78, 5) is 11.8. The Morgan fingerprint density at radius 1 is 1.27 bits per heavy atom. The van der Waals surface area contributed by atoms with Crippen molar-refractivity contribution in [2.45, 2.75) is 51.7 Å². The van der Waals surface area contributed by atoms with Crippen LogP contribution in [0.3, 0.4) is 0 Å². The van der Waals surface area contributed by atoms with E-state index in [0.717, 1.165) is 37.2 Å². The van der Waals surface area contributed by atoms with E-state index in [-0.39, 0.29) is 19.1 Å². The van der Waals surface area contributed by atoms with Gasteiger partial charge in [-0.3, -0.25) is 0 Å². The van der Waals surface area contributed by atoms with Crippen LogP contribution in [0.15, 0.2) is 30.3 Å². The fourth-order valence-corrected chi connectivity index (χ4v) is 3.05. The van der Waals surface area contributed by atoms with Crippen molar-refractivity contribution < 1.29 is 14.6 Å². The molecule has 0 spiro atoms. The Kier molecular flexibility index (Phi) is 5.83. The van der Waals surface area contributed by atoms with Gasteiger partial charge in [0.25, 0.3) is 0 Å². The number of nitrogens with one attached hydrogen (secondary N) is 1. The second-order valence-electron chi connectivity index (χ2n) is 6.73. The second kappa shape index (κ2) is 7.63. The molecular weight excluding hydrogens is 278 g/mol. The van der Waals surface area contributed by atoms with Gasteiger partial charge in [0.15, 0.2) is 0 Å². The Morgan fingerprint density at radius 3 is 2.55 bits per heavy atom. The van der Waals surface area contributed by atoms with Gasteiger partial charge in [0.2, 0.25) is 0 Å². The lowest BCUT2D eigenvalue weighted by atomic mass is 9.74. The molecule has 0 heterocycles. The summed E-state index contributed by atoms with van der Waals surface area (Å²) < 4.78 is 5.17. The standard InChI is InChI=1S/C18H27NO3/c1-14-8-10-16(11-9-14)18(2,21)13-19-17(20)22-12-15-6-4-3-5-7-15/h3-7,14,16,21H,8-13H2,1-2H3,(H,19,20). The maximum atomic E-state index is 11.8. The van der Waals surface area contributed by atoms with Crippen molar-refractivity contribution in [2.75, 3.05) is 6.54 Å². The molecule has 4 heteroatoms. The molecule has 1 aliphatic carbocycles. The normalized spacial score (nSPS) is 24.3. The maximum Gasteiger partial charge on any atom is 0.407 e. The summed E-state index contributed by atoms with van der Waals surface area (Å²) in [6.45, 7) is 4.55.